The molecule has 2 aliphatic rings. The van der Waals surface area contributed by atoms with E-state index in [1.807, 2.05) is 6.92 Å². The van der Waals surface area contributed by atoms with Crippen LogP contribution in [0.1, 0.15) is 44.4 Å². The van der Waals surface area contributed by atoms with Gasteiger partial charge in [0.1, 0.15) is 5.60 Å². The minimum Gasteiger partial charge on any atom is -0.490 e. The number of rotatable bonds is 4. The molecule has 0 saturated carbocycles. The number of benzene rings is 1. The molecule has 0 amide bonds. The van der Waals surface area contributed by atoms with E-state index in [9.17, 15) is 0 Å². The molecule has 0 fully saturated rings. The monoisotopic (exact) mass is 388 g/mol. The van der Waals surface area contributed by atoms with Gasteiger partial charge in [0.15, 0.2) is 11.5 Å². The zero-order chi connectivity index (χ0) is 16.8. The van der Waals surface area contributed by atoms with Crippen LogP contribution in [0, 0.1) is 0 Å². The summed E-state index contributed by atoms with van der Waals surface area (Å²) in [5.41, 5.74) is 3.56. The molecular formula is C19H30Cl2N2O2. The van der Waals surface area contributed by atoms with Crippen LogP contribution in [0.4, 0.5) is 0 Å². The highest BCUT2D eigenvalue weighted by molar-refractivity contribution is 5.88. The summed E-state index contributed by atoms with van der Waals surface area (Å²) in [5.74, 6) is 1.80. The summed E-state index contributed by atoms with van der Waals surface area (Å²) in [4.78, 5) is 7.08. The number of ether oxygens (including phenoxy) is 2. The quantitative estimate of drug-likeness (QED) is 0.782. The SMILES string of the molecule is CCOc1cc2c(c3c1OC(C)(C)C3)C=NC(C)(CN(C)C)C2.Cl.Cl. The maximum atomic E-state index is 6.17. The molecule has 0 bridgehead atoms. The first-order valence-corrected chi connectivity index (χ1v) is 8.43. The van der Waals surface area contributed by atoms with E-state index >= 15 is 0 Å². The highest BCUT2D eigenvalue weighted by Gasteiger charge is 2.38. The van der Waals surface area contributed by atoms with Crippen molar-refractivity contribution in [2.45, 2.75) is 51.7 Å². The zero-order valence-electron chi connectivity index (χ0n) is 16.0. The van der Waals surface area contributed by atoms with Crippen molar-refractivity contribution in [3.8, 4) is 11.5 Å². The average Bonchev–Trinajstić information content (AvgIpc) is 2.73. The van der Waals surface area contributed by atoms with Gasteiger partial charge in [0.25, 0.3) is 0 Å². The third-order valence-corrected chi connectivity index (χ3v) is 4.49. The molecule has 25 heavy (non-hydrogen) atoms. The Balaban J connectivity index is 0.00000156. The summed E-state index contributed by atoms with van der Waals surface area (Å²) >= 11 is 0. The number of aliphatic imine (C=N–C) groups is 1. The Morgan fingerprint density at radius 3 is 2.48 bits per heavy atom. The van der Waals surface area contributed by atoms with Crippen LogP contribution in [-0.4, -0.2) is 49.5 Å². The summed E-state index contributed by atoms with van der Waals surface area (Å²) < 4.78 is 12.0. The number of hydrogen-bond acceptors (Lipinski definition) is 4. The van der Waals surface area contributed by atoms with E-state index in [0.717, 1.165) is 30.9 Å². The van der Waals surface area contributed by atoms with Gasteiger partial charge in [0, 0.05) is 30.3 Å². The van der Waals surface area contributed by atoms with Gasteiger partial charge in [-0.3, -0.25) is 4.99 Å². The lowest BCUT2D eigenvalue weighted by Gasteiger charge is -2.32. The molecule has 142 valence electrons. The second-order valence-corrected chi connectivity index (χ2v) is 7.90. The van der Waals surface area contributed by atoms with E-state index in [2.05, 4.69) is 52.0 Å². The minimum absolute atomic E-state index is 0. The lowest BCUT2D eigenvalue weighted by molar-refractivity contribution is 0.132. The third kappa shape index (κ3) is 4.42. The van der Waals surface area contributed by atoms with E-state index in [4.69, 9.17) is 14.5 Å². The standard InChI is InChI=1S/C19H28N2O2.2ClH/c1-7-22-16-8-13-9-19(4,12-21(5)6)20-11-15(13)14-10-18(2,3)23-17(14)16;;/h8,11H,7,9-10,12H2,1-6H3;2*1H. The Labute approximate surface area is 163 Å². The molecule has 0 aromatic heterocycles. The fourth-order valence-electron chi connectivity index (χ4n) is 3.82. The molecule has 0 radical (unpaired) electrons. The van der Waals surface area contributed by atoms with E-state index in [0.29, 0.717) is 6.61 Å². The Bertz CT molecular complexity index is 659. The zero-order valence-corrected chi connectivity index (χ0v) is 17.6. The van der Waals surface area contributed by atoms with Gasteiger partial charge in [0.2, 0.25) is 0 Å². The molecule has 4 nitrogen and oxygen atoms in total. The van der Waals surface area contributed by atoms with Crippen LogP contribution in [0.3, 0.4) is 0 Å². The van der Waals surface area contributed by atoms with E-state index < -0.39 is 0 Å². The first-order chi connectivity index (χ1) is 10.7. The van der Waals surface area contributed by atoms with E-state index in [1.54, 1.807) is 0 Å². The smallest absolute Gasteiger partial charge is 0.166 e. The van der Waals surface area contributed by atoms with Crippen LogP contribution in [0.25, 0.3) is 0 Å². The maximum Gasteiger partial charge on any atom is 0.166 e. The molecule has 3 rings (SSSR count). The summed E-state index contributed by atoms with van der Waals surface area (Å²) in [5, 5.41) is 0. The Hall–Kier alpha value is -0.970. The first-order valence-electron chi connectivity index (χ1n) is 8.43. The number of nitrogens with zero attached hydrogens (tertiary/aromatic N) is 2. The van der Waals surface area contributed by atoms with Gasteiger partial charge in [-0.05, 0) is 59.8 Å². The molecule has 1 atom stereocenters. The molecule has 0 N–H and O–H groups in total. The number of likely N-dealkylation sites (N-methyl/N-ethyl adjacent to an activating group) is 1. The van der Waals surface area contributed by atoms with Gasteiger partial charge < -0.3 is 14.4 Å². The van der Waals surface area contributed by atoms with Gasteiger partial charge in [-0.2, -0.15) is 0 Å². The van der Waals surface area contributed by atoms with Crippen molar-refractivity contribution in [3.63, 3.8) is 0 Å². The van der Waals surface area contributed by atoms with Crippen LogP contribution in [-0.2, 0) is 12.8 Å². The van der Waals surface area contributed by atoms with Crippen LogP contribution >= 0.6 is 24.8 Å². The molecule has 2 heterocycles. The molecule has 0 spiro atoms. The van der Waals surface area contributed by atoms with Gasteiger partial charge in [0.05, 0.1) is 12.1 Å². The first kappa shape index (κ1) is 22.1. The lowest BCUT2D eigenvalue weighted by atomic mass is 9.84. The van der Waals surface area contributed by atoms with Crippen molar-refractivity contribution >= 4 is 31.0 Å². The van der Waals surface area contributed by atoms with E-state index in [-0.39, 0.29) is 36.0 Å². The summed E-state index contributed by atoms with van der Waals surface area (Å²) in [6.07, 6.45) is 3.90. The number of fused-ring (bicyclic) bond motifs is 3. The van der Waals surface area contributed by atoms with E-state index in [1.165, 1.54) is 16.7 Å². The largest absolute Gasteiger partial charge is 0.490 e. The van der Waals surface area contributed by atoms with Crippen molar-refractivity contribution in [2.24, 2.45) is 4.99 Å². The Morgan fingerprint density at radius 2 is 1.88 bits per heavy atom. The van der Waals surface area contributed by atoms with Gasteiger partial charge in [-0.25, -0.2) is 0 Å². The second-order valence-electron chi connectivity index (χ2n) is 7.90. The molecule has 0 saturated heterocycles. The molecular weight excluding hydrogens is 359 g/mol. The number of halogens is 2. The van der Waals surface area contributed by atoms with Crippen molar-refractivity contribution in [1.82, 2.24) is 4.90 Å². The van der Waals surface area contributed by atoms with Crippen molar-refractivity contribution in [2.75, 3.05) is 27.2 Å². The Morgan fingerprint density at radius 1 is 1.20 bits per heavy atom. The van der Waals surface area contributed by atoms with Gasteiger partial charge >= 0.3 is 0 Å². The van der Waals surface area contributed by atoms with Crippen LogP contribution < -0.4 is 9.47 Å². The molecule has 2 aliphatic heterocycles. The highest BCUT2D eigenvalue weighted by Crippen LogP contribution is 2.46. The predicted octanol–water partition coefficient (Wildman–Crippen LogP) is 3.94. The predicted molar refractivity (Wildman–Crippen MR) is 109 cm³/mol. The van der Waals surface area contributed by atoms with Crippen molar-refractivity contribution in [1.29, 1.82) is 0 Å². The van der Waals surface area contributed by atoms with Crippen LogP contribution in [0.2, 0.25) is 0 Å². The molecule has 6 heteroatoms. The molecule has 1 unspecified atom stereocenters. The summed E-state index contributed by atoms with van der Waals surface area (Å²) in [6.45, 7) is 10.1. The number of hydrogen-bond donors (Lipinski definition) is 0. The average molecular weight is 389 g/mol. The summed E-state index contributed by atoms with van der Waals surface area (Å²) in [7, 11) is 4.20. The lowest BCUT2D eigenvalue weighted by Crippen LogP contribution is -2.39. The fourth-order valence-corrected chi connectivity index (χ4v) is 3.82. The highest BCUT2D eigenvalue weighted by atomic mass is 35.5. The normalized spacial score (nSPS) is 22.4. The van der Waals surface area contributed by atoms with Crippen LogP contribution in [0.15, 0.2) is 11.1 Å². The van der Waals surface area contributed by atoms with Gasteiger partial charge in [-0.1, -0.05) is 0 Å². The third-order valence-electron chi connectivity index (χ3n) is 4.49. The molecule has 1 aromatic rings. The van der Waals surface area contributed by atoms with Crippen molar-refractivity contribution in [3.05, 3.63) is 22.8 Å². The van der Waals surface area contributed by atoms with Crippen molar-refractivity contribution < 1.29 is 9.47 Å². The maximum absolute atomic E-state index is 6.17. The molecule has 0 aliphatic carbocycles. The van der Waals surface area contributed by atoms with Gasteiger partial charge in [-0.15, -0.1) is 24.8 Å². The molecule has 1 aromatic carbocycles. The Kier molecular flexibility index (Phi) is 6.82. The topological polar surface area (TPSA) is 34.1 Å². The van der Waals surface area contributed by atoms with Crippen LogP contribution in [0.5, 0.6) is 11.5 Å². The summed E-state index contributed by atoms with van der Waals surface area (Å²) in [6, 6.07) is 2.16. The fraction of sp³-hybridized carbons (Fsp3) is 0.632. The second kappa shape index (κ2) is 7.73. The minimum atomic E-state index is -0.179.